The van der Waals surface area contributed by atoms with Gasteiger partial charge in [0.25, 0.3) is 11.8 Å². The number of nitrogens with zero attached hydrogens (tertiary/aromatic N) is 6. The zero-order chi connectivity index (χ0) is 64.4. The minimum atomic E-state index is -0.473. The van der Waals surface area contributed by atoms with Crippen LogP contribution in [0.1, 0.15) is 96.3 Å². The Labute approximate surface area is 528 Å². The third kappa shape index (κ3) is 14.7. The zero-order valence-electron chi connectivity index (χ0n) is 52.3. The van der Waals surface area contributed by atoms with Crippen LogP contribution >= 0.6 is 11.6 Å². The standard InChI is InChI=1S/C31H31N3O6.C19H19ClN2O4.C18H24BNO4/c1-19-18-33-25-16-28(24-6-4-21(15-27(24)37-3)31(36)34(2)10-11-35)40-30(25)29(19)20-5-7-26(22(14-20)17-32)39-23-8-12-38-13-9-23;1-11-10-21-14-9-16(26-18(14)17(11)20)13-5-4-12(8-15(13)25-3)19(24)22(2)6-7-23;1-17(2)18(3,4)24-19(23-17)14-5-6-16(13(11-14)12-20)22-15-7-9-21-10-8-15/h4-7,14-16,18,23,35H,8-13H2,1-3H3;4-5,8-10,23H,6-7H2,1-3H3;5-6,11,15H,7-10H2,1-4H3. The van der Waals surface area contributed by atoms with Crippen molar-refractivity contribution in [2.24, 2.45) is 0 Å². The van der Waals surface area contributed by atoms with E-state index in [2.05, 4.69) is 22.1 Å². The Morgan fingerprint density at radius 1 is 0.633 bits per heavy atom. The fourth-order valence-corrected chi connectivity index (χ4v) is 10.6. The summed E-state index contributed by atoms with van der Waals surface area (Å²) in [6.07, 6.45) is 6.90. The molecule has 0 aliphatic carbocycles. The van der Waals surface area contributed by atoms with E-state index in [4.69, 9.17) is 68.4 Å². The van der Waals surface area contributed by atoms with Crippen LogP contribution in [-0.4, -0.2) is 153 Å². The molecular weight excluding hydrogens is 1170 g/mol. The number of rotatable bonds is 16. The zero-order valence-corrected chi connectivity index (χ0v) is 53.1. The van der Waals surface area contributed by atoms with Crippen molar-refractivity contribution in [3.8, 4) is 68.9 Å². The highest BCUT2D eigenvalue weighted by atomic mass is 35.5. The molecule has 22 heteroatoms. The van der Waals surface area contributed by atoms with Gasteiger partial charge in [-0.15, -0.1) is 0 Å². The van der Waals surface area contributed by atoms with Gasteiger partial charge >= 0.3 is 7.12 Å². The Morgan fingerprint density at radius 3 is 1.57 bits per heavy atom. The van der Waals surface area contributed by atoms with Crippen LogP contribution in [0.5, 0.6) is 23.0 Å². The molecule has 0 saturated carbocycles. The average molecular weight is 1250 g/mol. The highest BCUT2D eigenvalue weighted by molar-refractivity contribution is 6.62. The summed E-state index contributed by atoms with van der Waals surface area (Å²) in [7, 11) is 5.86. The van der Waals surface area contributed by atoms with Crippen LogP contribution in [0.15, 0.2) is 106 Å². The van der Waals surface area contributed by atoms with Crippen molar-refractivity contribution in [1.29, 1.82) is 10.5 Å². The molecule has 0 spiro atoms. The van der Waals surface area contributed by atoms with Gasteiger partial charge in [-0.05, 0) is 124 Å². The Morgan fingerprint density at radius 2 is 1.09 bits per heavy atom. The first-order valence-electron chi connectivity index (χ1n) is 29.7. The second-order valence-corrected chi connectivity index (χ2v) is 23.5. The molecule has 2 amide bonds. The lowest BCUT2D eigenvalue weighted by molar-refractivity contribution is 0.00578. The number of aryl methyl sites for hydroxylation is 2. The normalized spacial score (nSPS) is 15.4. The van der Waals surface area contributed by atoms with Crippen molar-refractivity contribution in [1.82, 2.24) is 19.8 Å². The molecule has 0 unspecified atom stereocenters. The first kappa shape index (κ1) is 65.9. The molecule has 7 heterocycles. The second kappa shape index (κ2) is 29.0. The minimum Gasteiger partial charge on any atom is -0.496 e. The molecule has 4 aromatic heterocycles. The molecule has 3 aliphatic rings. The molecule has 2 N–H and O–H groups in total. The van der Waals surface area contributed by atoms with Crippen molar-refractivity contribution in [3.05, 3.63) is 136 Å². The summed E-state index contributed by atoms with van der Waals surface area (Å²) >= 11 is 6.30. The largest absolute Gasteiger partial charge is 0.496 e. The molecule has 0 radical (unpaired) electrons. The topological polar surface area (TPSA) is 255 Å². The molecule has 4 aromatic carbocycles. The number of halogens is 1. The van der Waals surface area contributed by atoms with Gasteiger partial charge in [0.2, 0.25) is 0 Å². The maximum absolute atomic E-state index is 12.7. The summed E-state index contributed by atoms with van der Waals surface area (Å²) < 4.78 is 58.3. The van der Waals surface area contributed by atoms with Crippen LogP contribution < -0.4 is 24.4 Å². The molecule has 90 heavy (non-hydrogen) atoms. The van der Waals surface area contributed by atoms with Crippen LogP contribution in [-0.2, 0) is 18.8 Å². The molecule has 470 valence electrons. The van der Waals surface area contributed by atoms with Gasteiger partial charge in [0, 0.05) is 94.1 Å². The maximum Gasteiger partial charge on any atom is 0.494 e. The Hall–Kier alpha value is -8.51. The number of pyridine rings is 2. The van der Waals surface area contributed by atoms with Gasteiger partial charge in [0.1, 0.15) is 69.9 Å². The number of aromatic nitrogens is 2. The van der Waals surface area contributed by atoms with Crippen molar-refractivity contribution >= 4 is 58.2 Å². The molecule has 3 fully saturated rings. The maximum atomic E-state index is 12.7. The smallest absolute Gasteiger partial charge is 0.494 e. The number of benzene rings is 4. The number of fused-ring (bicyclic) bond motifs is 2. The lowest BCUT2D eigenvalue weighted by Crippen LogP contribution is -2.41. The molecule has 11 rings (SSSR count). The van der Waals surface area contributed by atoms with Crippen LogP contribution in [0.25, 0.3) is 56.0 Å². The summed E-state index contributed by atoms with van der Waals surface area (Å²) in [5, 5.41) is 38.1. The summed E-state index contributed by atoms with van der Waals surface area (Å²) in [6.45, 7) is 14.9. The molecule has 0 bridgehead atoms. The van der Waals surface area contributed by atoms with E-state index in [-0.39, 0.29) is 50.3 Å². The van der Waals surface area contributed by atoms with Gasteiger partial charge in [-0.2, -0.15) is 10.5 Å². The lowest BCUT2D eigenvalue weighted by Gasteiger charge is -2.32. The summed E-state index contributed by atoms with van der Waals surface area (Å²) in [5.74, 6) is 2.82. The van der Waals surface area contributed by atoms with Gasteiger partial charge < -0.3 is 66.6 Å². The van der Waals surface area contributed by atoms with Crippen molar-refractivity contribution < 1.29 is 66.4 Å². The number of furan rings is 2. The predicted molar refractivity (Wildman–Crippen MR) is 341 cm³/mol. The first-order chi connectivity index (χ1) is 43.2. The second-order valence-electron chi connectivity index (χ2n) is 23.1. The number of ether oxygens (including phenoxy) is 6. The monoisotopic (exact) mass is 1240 g/mol. The number of hydrogen-bond donors (Lipinski definition) is 2. The quantitative estimate of drug-likeness (QED) is 0.0853. The van der Waals surface area contributed by atoms with E-state index < -0.39 is 18.3 Å². The predicted octanol–water partition coefficient (Wildman–Crippen LogP) is 10.9. The number of aliphatic hydroxyl groups excluding tert-OH is 2. The van der Waals surface area contributed by atoms with E-state index in [9.17, 15) is 20.1 Å². The van der Waals surface area contributed by atoms with Gasteiger partial charge in [-0.3, -0.25) is 19.6 Å². The Bertz CT molecular complexity index is 3960. The molecule has 0 atom stereocenters. The highest BCUT2D eigenvalue weighted by Gasteiger charge is 2.52. The Balaban J connectivity index is 0.000000168. The average Bonchev–Trinajstić information content (AvgIpc) is 1.63. The van der Waals surface area contributed by atoms with Gasteiger partial charge in [-0.25, -0.2) is 0 Å². The summed E-state index contributed by atoms with van der Waals surface area (Å²) in [6, 6.07) is 29.5. The number of aliphatic hydroxyl groups is 2. The third-order valence-electron chi connectivity index (χ3n) is 16.3. The van der Waals surface area contributed by atoms with Gasteiger partial charge in [0.05, 0.1) is 92.3 Å². The van der Waals surface area contributed by atoms with Crippen molar-refractivity contribution in [2.75, 3.05) is 81.0 Å². The van der Waals surface area contributed by atoms with Crippen LogP contribution in [0.4, 0.5) is 0 Å². The van der Waals surface area contributed by atoms with E-state index in [1.54, 1.807) is 75.0 Å². The number of nitriles is 2. The number of amides is 2. The van der Waals surface area contributed by atoms with Crippen LogP contribution in [0.3, 0.4) is 0 Å². The van der Waals surface area contributed by atoms with Crippen LogP contribution in [0, 0.1) is 36.5 Å². The van der Waals surface area contributed by atoms with E-state index >= 15 is 0 Å². The summed E-state index contributed by atoms with van der Waals surface area (Å²) in [5.41, 5.74) is 9.06. The number of carbonyl (C=O) groups is 2. The molecule has 8 aromatic rings. The SMILES string of the molecule is CC1(C)OB(c2ccc(OC3CCOCC3)c(C#N)c2)OC1(C)C.COc1cc(C(=O)N(C)CCO)ccc1-c1cc2ncc(C)c(-c3ccc(OC4CCOCC4)c(C#N)c3)c2o1.COc1cc(C(=O)N(C)CCO)ccc1-c1cc2ncc(C)c(Cl)c2o1. The Kier molecular flexibility index (Phi) is 21.2. The molecule has 3 saturated heterocycles. The van der Waals surface area contributed by atoms with Crippen molar-refractivity contribution in [3.63, 3.8) is 0 Å². The first-order valence-corrected chi connectivity index (χ1v) is 30.1. The number of methoxy groups -OCH3 is 2. The van der Waals surface area contributed by atoms with E-state index in [0.29, 0.717) is 122 Å². The highest BCUT2D eigenvalue weighted by Crippen LogP contribution is 2.42. The van der Waals surface area contributed by atoms with E-state index in [0.717, 1.165) is 53.4 Å². The van der Waals surface area contributed by atoms with Crippen molar-refractivity contribution in [2.45, 2.75) is 90.6 Å². The van der Waals surface area contributed by atoms with E-state index in [1.165, 1.54) is 24.0 Å². The fourth-order valence-electron chi connectivity index (χ4n) is 10.4. The number of likely N-dealkylation sites (N-methyl/N-ethyl adjacent to an activating group) is 2. The molecule has 20 nitrogen and oxygen atoms in total. The molecular formula is C68H74BClN6O14. The number of hydrogen-bond acceptors (Lipinski definition) is 18. The third-order valence-corrected chi connectivity index (χ3v) is 16.8. The fraction of sp³-hybridized carbons (Fsp3) is 0.382. The lowest BCUT2D eigenvalue weighted by atomic mass is 9.78. The van der Waals surface area contributed by atoms with Gasteiger partial charge in [0.15, 0.2) is 11.2 Å². The summed E-state index contributed by atoms with van der Waals surface area (Å²) in [4.78, 5) is 36.9. The molecule has 3 aliphatic heterocycles. The van der Waals surface area contributed by atoms with Crippen LogP contribution in [0.2, 0.25) is 5.02 Å². The van der Waals surface area contributed by atoms with Gasteiger partial charge in [-0.1, -0.05) is 23.7 Å². The minimum absolute atomic E-state index is 0.0282. The van der Waals surface area contributed by atoms with E-state index in [1.807, 2.05) is 77.9 Å². The number of carbonyl (C=O) groups excluding carboxylic acids is 2.